The van der Waals surface area contributed by atoms with E-state index in [0.717, 1.165) is 22.6 Å². The number of carbonyl (C=O) groups excluding carboxylic acids is 1. The second kappa shape index (κ2) is 9.82. The van der Waals surface area contributed by atoms with E-state index < -0.39 is 0 Å². The Morgan fingerprint density at radius 2 is 1.88 bits per heavy atom. The summed E-state index contributed by atoms with van der Waals surface area (Å²) in [6.07, 6.45) is 0. The molecule has 0 spiro atoms. The Hall–Kier alpha value is -2.53. The third kappa shape index (κ3) is 5.49. The highest BCUT2D eigenvalue weighted by molar-refractivity contribution is 5.94. The van der Waals surface area contributed by atoms with Crippen molar-refractivity contribution >= 4 is 5.91 Å². The van der Waals surface area contributed by atoms with Crippen LogP contribution in [0.3, 0.4) is 0 Å². The standard InChI is InChI=1S/C21H27NO4/c1-5-25-20-11-10-17(21(23)22-16(3)13-24-4)12-18(20)14-26-19-9-7-6-8-15(19)2/h6-12,16H,5,13-14H2,1-4H3,(H,22,23)/t16-/m0/s1. The number of methoxy groups -OCH3 is 1. The maximum absolute atomic E-state index is 12.4. The summed E-state index contributed by atoms with van der Waals surface area (Å²) in [4.78, 5) is 12.4. The van der Waals surface area contributed by atoms with Gasteiger partial charge in [0.2, 0.25) is 0 Å². The van der Waals surface area contributed by atoms with E-state index in [1.165, 1.54) is 0 Å². The van der Waals surface area contributed by atoms with Crippen molar-refractivity contribution in [3.63, 3.8) is 0 Å². The number of hydrogen-bond acceptors (Lipinski definition) is 4. The highest BCUT2D eigenvalue weighted by atomic mass is 16.5. The maximum Gasteiger partial charge on any atom is 0.251 e. The van der Waals surface area contributed by atoms with Crippen LogP contribution >= 0.6 is 0 Å². The van der Waals surface area contributed by atoms with Crippen molar-refractivity contribution in [2.24, 2.45) is 0 Å². The number of nitrogens with one attached hydrogen (secondary N) is 1. The van der Waals surface area contributed by atoms with Crippen molar-refractivity contribution < 1.29 is 19.0 Å². The van der Waals surface area contributed by atoms with Gasteiger partial charge in [-0.1, -0.05) is 18.2 Å². The zero-order chi connectivity index (χ0) is 18.9. The fourth-order valence-electron chi connectivity index (χ4n) is 2.60. The van der Waals surface area contributed by atoms with Gasteiger partial charge < -0.3 is 19.5 Å². The molecular formula is C21H27NO4. The zero-order valence-corrected chi connectivity index (χ0v) is 15.9. The summed E-state index contributed by atoms with van der Waals surface area (Å²) in [6, 6.07) is 13.2. The van der Waals surface area contributed by atoms with Gasteiger partial charge in [0.25, 0.3) is 5.91 Å². The minimum atomic E-state index is -0.144. The first-order valence-corrected chi connectivity index (χ1v) is 8.79. The Balaban J connectivity index is 2.16. The van der Waals surface area contributed by atoms with Gasteiger partial charge in [0.05, 0.1) is 13.2 Å². The average molecular weight is 357 g/mol. The number of amides is 1. The maximum atomic E-state index is 12.4. The molecule has 0 aliphatic carbocycles. The summed E-state index contributed by atoms with van der Waals surface area (Å²) in [7, 11) is 1.61. The van der Waals surface area contributed by atoms with Crippen molar-refractivity contribution in [3.05, 3.63) is 59.2 Å². The molecule has 1 N–H and O–H groups in total. The van der Waals surface area contributed by atoms with Crippen LogP contribution in [0, 0.1) is 6.92 Å². The van der Waals surface area contributed by atoms with Crippen LogP contribution in [0.1, 0.15) is 35.3 Å². The first-order valence-electron chi connectivity index (χ1n) is 8.79. The van der Waals surface area contributed by atoms with E-state index in [0.29, 0.717) is 25.4 Å². The van der Waals surface area contributed by atoms with Crippen molar-refractivity contribution in [3.8, 4) is 11.5 Å². The molecule has 0 saturated heterocycles. The molecule has 2 rings (SSSR count). The normalized spacial score (nSPS) is 11.7. The Bertz CT molecular complexity index is 730. The molecule has 1 amide bonds. The summed E-state index contributed by atoms with van der Waals surface area (Å²) in [5.41, 5.74) is 2.47. The van der Waals surface area contributed by atoms with Crippen LogP contribution < -0.4 is 14.8 Å². The molecule has 0 aromatic heterocycles. The molecule has 5 heteroatoms. The summed E-state index contributed by atoms with van der Waals surface area (Å²) in [5.74, 6) is 1.40. The van der Waals surface area contributed by atoms with Gasteiger partial charge in [-0.15, -0.1) is 0 Å². The Morgan fingerprint density at radius 3 is 2.58 bits per heavy atom. The van der Waals surface area contributed by atoms with Gasteiger partial charge in [0, 0.05) is 24.3 Å². The van der Waals surface area contributed by atoms with Gasteiger partial charge >= 0.3 is 0 Å². The quantitative estimate of drug-likeness (QED) is 0.743. The molecule has 0 aliphatic heterocycles. The van der Waals surface area contributed by atoms with Gasteiger partial charge in [-0.3, -0.25) is 4.79 Å². The molecule has 0 fully saturated rings. The largest absolute Gasteiger partial charge is 0.493 e. The van der Waals surface area contributed by atoms with Crippen molar-refractivity contribution in [1.29, 1.82) is 0 Å². The third-order valence-electron chi connectivity index (χ3n) is 3.89. The van der Waals surface area contributed by atoms with E-state index in [9.17, 15) is 4.79 Å². The number of hydrogen-bond donors (Lipinski definition) is 1. The molecule has 0 unspecified atom stereocenters. The smallest absolute Gasteiger partial charge is 0.251 e. The van der Waals surface area contributed by atoms with E-state index >= 15 is 0 Å². The molecule has 0 radical (unpaired) electrons. The number of aryl methyl sites for hydroxylation is 1. The van der Waals surface area contributed by atoms with Gasteiger partial charge in [-0.05, 0) is 50.6 Å². The highest BCUT2D eigenvalue weighted by Crippen LogP contribution is 2.24. The topological polar surface area (TPSA) is 56.8 Å². The number of benzene rings is 2. The first kappa shape index (κ1) is 19.8. The molecule has 0 bridgehead atoms. The van der Waals surface area contributed by atoms with Crippen LogP contribution in [0.4, 0.5) is 0 Å². The van der Waals surface area contributed by atoms with E-state index in [4.69, 9.17) is 14.2 Å². The van der Waals surface area contributed by atoms with E-state index in [1.807, 2.05) is 57.2 Å². The third-order valence-corrected chi connectivity index (χ3v) is 3.89. The van der Waals surface area contributed by atoms with Crippen LogP contribution in [0.15, 0.2) is 42.5 Å². The van der Waals surface area contributed by atoms with Gasteiger partial charge in [0.1, 0.15) is 18.1 Å². The van der Waals surface area contributed by atoms with Gasteiger partial charge in [-0.2, -0.15) is 0 Å². The molecular weight excluding hydrogens is 330 g/mol. The van der Waals surface area contributed by atoms with Crippen LogP contribution in [0.5, 0.6) is 11.5 Å². The van der Waals surface area contributed by atoms with E-state index in [1.54, 1.807) is 13.2 Å². The van der Waals surface area contributed by atoms with Crippen LogP contribution in [-0.2, 0) is 11.3 Å². The predicted molar refractivity (Wildman–Crippen MR) is 102 cm³/mol. The highest BCUT2D eigenvalue weighted by Gasteiger charge is 2.13. The second-order valence-corrected chi connectivity index (χ2v) is 6.14. The van der Waals surface area contributed by atoms with Crippen LogP contribution in [0.2, 0.25) is 0 Å². The van der Waals surface area contributed by atoms with Gasteiger partial charge in [-0.25, -0.2) is 0 Å². The lowest BCUT2D eigenvalue weighted by atomic mass is 10.1. The molecule has 2 aromatic carbocycles. The monoisotopic (exact) mass is 357 g/mol. The molecule has 2 aromatic rings. The Kier molecular flexibility index (Phi) is 7.48. The number of ether oxygens (including phenoxy) is 3. The first-order chi connectivity index (χ1) is 12.5. The average Bonchev–Trinajstić information content (AvgIpc) is 2.62. The Labute approximate surface area is 155 Å². The second-order valence-electron chi connectivity index (χ2n) is 6.14. The van der Waals surface area contributed by atoms with Crippen molar-refractivity contribution in [1.82, 2.24) is 5.32 Å². The lowest BCUT2D eigenvalue weighted by molar-refractivity contribution is 0.0905. The number of para-hydroxylation sites is 1. The summed E-state index contributed by atoms with van der Waals surface area (Å²) in [5, 5.41) is 2.91. The molecule has 1 atom stereocenters. The molecule has 140 valence electrons. The van der Waals surface area contributed by atoms with Crippen LogP contribution in [-0.4, -0.2) is 32.3 Å². The minimum absolute atomic E-state index is 0.0641. The fraction of sp³-hybridized carbons (Fsp3) is 0.381. The van der Waals surface area contributed by atoms with Crippen molar-refractivity contribution in [2.45, 2.75) is 33.4 Å². The van der Waals surface area contributed by atoms with E-state index in [-0.39, 0.29) is 11.9 Å². The van der Waals surface area contributed by atoms with Gasteiger partial charge in [0.15, 0.2) is 0 Å². The summed E-state index contributed by atoms with van der Waals surface area (Å²) in [6.45, 7) is 7.17. The Morgan fingerprint density at radius 1 is 1.12 bits per heavy atom. The SMILES string of the molecule is CCOc1ccc(C(=O)N[C@@H](C)COC)cc1COc1ccccc1C. The number of carbonyl (C=O) groups is 1. The molecule has 0 heterocycles. The lowest BCUT2D eigenvalue weighted by Gasteiger charge is -2.16. The molecule has 0 aliphatic rings. The van der Waals surface area contributed by atoms with Crippen LogP contribution in [0.25, 0.3) is 0 Å². The minimum Gasteiger partial charge on any atom is -0.493 e. The fourth-order valence-corrected chi connectivity index (χ4v) is 2.60. The van der Waals surface area contributed by atoms with E-state index in [2.05, 4.69) is 5.32 Å². The molecule has 5 nitrogen and oxygen atoms in total. The summed E-state index contributed by atoms with van der Waals surface area (Å²) >= 11 is 0. The zero-order valence-electron chi connectivity index (χ0n) is 15.9. The molecule has 26 heavy (non-hydrogen) atoms. The molecule has 0 saturated carbocycles. The number of rotatable bonds is 9. The predicted octanol–water partition coefficient (Wildman–Crippen LogP) is 3.74. The van der Waals surface area contributed by atoms with Crippen molar-refractivity contribution in [2.75, 3.05) is 20.3 Å². The lowest BCUT2D eigenvalue weighted by Crippen LogP contribution is -2.35. The summed E-state index contributed by atoms with van der Waals surface area (Å²) < 4.78 is 16.7.